The molecule has 2 aromatic carbocycles. The predicted octanol–water partition coefficient (Wildman–Crippen LogP) is 1.76. The maximum absolute atomic E-state index is 12.9. The molecule has 2 saturated heterocycles. The molecule has 140 valence electrons. The molecule has 2 bridgehead atoms. The number of aliphatic carboxylic acids is 1. The molecule has 7 nitrogen and oxygen atoms in total. The summed E-state index contributed by atoms with van der Waals surface area (Å²) in [5.74, 6) is -2.26. The van der Waals surface area contributed by atoms with Gasteiger partial charge in [0, 0.05) is 17.7 Å². The number of carbonyl (C=O) groups is 2. The van der Waals surface area contributed by atoms with Crippen LogP contribution in [0.2, 0.25) is 0 Å². The minimum absolute atomic E-state index is 0.0914. The molecule has 3 unspecified atom stereocenters. The van der Waals surface area contributed by atoms with Crippen LogP contribution in [0, 0.1) is 0 Å². The van der Waals surface area contributed by atoms with Crippen molar-refractivity contribution in [2.75, 3.05) is 13.7 Å². The predicted molar refractivity (Wildman–Crippen MR) is 93.9 cm³/mol. The van der Waals surface area contributed by atoms with E-state index in [1.54, 1.807) is 24.1 Å². The highest BCUT2D eigenvalue weighted by Crippen LogP contribution is 2.43. The molecule has 27 heavy (non-hydrogen) atoms. The number of carboxylic acid groups (broad SMARTS) is 1. The van der Waals surface area contributed by atoms with Crippen LogP contribution in [0.4, 0.5) is 0 Å². The lowest BCUT2D eigenvalue weighted by Crippen LogP contribution is -2.53. The van der Waals surface area contributed by atoms with Crippen molar-refractivity contribution < 1.29 is 28.9 Å². The van der Waals surface area contributed by atoms with Crippen molar-refractivity contribution >= 4 is 11.9 Å². The zero-order valence-corrected chi connectivity index (χ0v) is 14.7. The number of hydrogen-bond acceptors (Lipinski definition) is 5. The highest BCUT2D eigenvalue weighted by atomic mass is 16.8. The maximum atomic E-state index is 12.9. The fourth-order valence-corrected chi connectivity index (χ4v) is 3.60. The summed E-state index contributed by atoms with van der Waals surface area (Å²) in [7, 11) is 1.57. The lowest BCUT2D eigenvalue weighted by Gasteiger charge is -2.38. The van der Waals surface area contributed by atoms with Crippen LogP contribution >= 0.6 is 0 Å². The van der Waals surface area contributed by atoms with Gasteiger partial charge in [-0.25, -0.2) is 4.79 Å². The summed E-state index contributed by atoms with van der Waals surface area (Å²) in [6.45, 7) is 0.362. The highest BCUT2D eigenvalue weighted by Gasteiger charge is 2.60. The zero-order chi connectivity index (χ0) is 19.0. The van der Waals surface area contributed by atoms with E-state index in [0.29, 0.717) is 11.3 Å². The monoisotopic (exact) mass is 369 g/mol. The topological polar surface area (TPSA) is 85.3 Å². The van der Waals surface area contributed by atoms with Crippen molar-refractivity contribution in [3.63, 3.8) is 0 Å². The number of carboxylic acids is 1. The number of hydrogen-bond donors (Lipinski definition) is 1. The number of para-hydroxylation sites is 1. The summed E-state index contributed by atoms with van der Waals surface area (Å²) < 4.78 is 17.0. The van der Waals surface area contributed by atoms with Gasteiger partial charge < -0.3 is 24.2 Å². The Kier molecular flexibility index (Phi) is 4.33. The van der Waals surface area contributed by atoms with Gasteiger partial charge in [0.05, 0.1) is 13.7 Å². The van der Waals surface area contributed by atoms with Gasteiger partial charge in [-0.15, -0.1) is 0 Å². The van der Waals surface area contributed by atoms with Gasteiger partial charge in [0.25, 0.3) is 5.91 Å². The number of carbonyl (C=O) groups excluding carboxylic acids is 1. The third kappa shape index (κ3) is 2.94. The molecule has 0 radical (unpaired) electrons. The Balaban J connectivity index is 1.70. The van der Waals surface area contributed by atoms with Crippen LogP contribution in [0.15, 0.2) is 54.6 Å². The lowest BCUT2D eigenvalue weighted by atomic mass is 10.0. The number of nitrogens with zero attached hydrogens (tertiary/aromatic N) is 1. The third-order valence-electron chi connectivity index (χ3n) is 4.87. The number of fused-ring (bicyclic) bond motifs is 2. The number of amides is 1. The minimum Gasteiger partial charge on any atom is -0.496 e. The summed E-state index contributed by atoms with van der Waals surface area (Å²) >= 11 is 0. The quantitative estimate of drug-likeness (QED) is 0.864. The molecule has 3 atom stereocenters. The Morgan fingerprint density at radius 1 is 1.19 bits per heavy atom. The summed E-state index contributed by atoms with van der Waals surface area (Å²) in [6, 6.07) is 16.5. The average molecular weight is 369 g/mol. The first-order valence-electron chi connectivity index (χ1n) is 8.59. The van der Waals surface area contributed by atoms with E-state index in [-0.39, 0.29) is 13.1 Å². The molecular formula is C20H19NO6. The Hall–Kier alpha value is -2.90. The Bertz CT molecular complexity index is 870. The van der Waals surface area contributed by atoms with Crippen molar-refractivity contribution in [1.29, 1.82) is 0 Å². The minimum atomic E-state index is -1.35. The van der Waals surface area contributed by atoms with E-state index in [2.05, 4.69) is 0 Å². The van der Waals surface area contributed by atoms with Gasteiger partial charge in [-0.05, 0) is 6.07 Å². The molecule has 0 aromatic heterocycles. The van der Waals surface area contributed by atoms with Crippen LogP contribution in [0.3, 0.4) is 0 Å². The van der Waals surface area contributed by atoms with Gasteiger partial charge in [-0.1, -0.05) is 48.5 Å². The zero-order valence-electron chi connectivity index (χ0n) is 14.7. The first kappa shape index (κ1) is 17.5. The summed E-state index contributed by atoms with van der Waals surface area (Å²) in [5.41, 5.74) is 1.50. The van der Waals surface area contributed by atoms with Gasteiger partial charge in [0.15, 0.2) is 12.2 Å². The molecule has 2 fully saturated rings. The number of benzene rings is 2. The lowest BCUT2D eigenvalue weighted by molar-refractivity contribution is -0.219. The fraction of sp³-hybridized carbons (Fsp3) is 0.300. The molecule has 1 N–H and O–H groups in total. The van der Waals surface area contributed by atoms with E-state index in [0.717, 1.165) is 5.56 Å². The van der Waals surface area contributed by atoms with Crippen LogP contribution in [0.25, 0.3) is 0 Å². The van der Waals surface area contributed by atoms with Crippen LogP contribution in [-0.4, -0.2) is 47.7 Å². The van der Waals surface area contributed by atoms with Crippen molar-refractivity contribution in [2.24, 2.45) is 0 Å². The first-order valence-corrected chi connectivity index (χ1v) is 8.59. The van der Waals surface area contributed by atoms with E-state index in [1.165, 1.54) is 0 Å². The fourth-order valence-electron chi connectivity index (χ4n) is 3.60. The highest BCUT2D eigenvalue weighted by molar-refractivity contribution is 5.89. The average Bonchev–Trinajstić information content (AvgIpc) is 3.04. The van der Waals surface area contributed by atoms with Gasteiger partial charge >= 0.3 is 5.97 Å². The molecule has 0 spiro atoms. The van der Waals surface area contributed by atoms with E-state index in [1.807, 2.05) is 42.5 Å². The van der Waals surface area contributed by atoms with Gasteiger partial charge in [0.1, 0.15) is 5.75 Å². The normalized spacial score (nSPS) is 26.9. The van der Waals surface area contributed by atoms with Crippen LogP contribution in [-0.2, 0) is 31.4 Å². The van der Waals surface area contributed by atoms with Crippen molar-refractivity contribution in [1.82, 2.24) is 4.90 Å². The van der Waals surface area contributed by atoms with E-state index >= 15 is 0 Å². The second-order valence-corrected chi connectivity index (χ2v) is 6.54. The Morgan fingerprint density at radius 2 is 1.89 bits per heavy atom. The van der Waals surface area contributed by atoms with Crippen LogP contribution in [0.5, 0.6) is 5.75 Å². The molecule has 2 aromatic rings. The maximum Gasteiger partial charge on any atom is 0.336 e. The standard InChI is InChI=1S/C20H19NO6/c1-25-15-10-6-5-7-13(15)11-21-12-20(14-8-3-2-4-9-14)26-16(18(21)22)17(27-20)19(23)24/h2-10,16-17H,11-12H2,1H3,(H,23,24). The van der Waals surface area contributed by atoms with Crippen LogP contribution < -0.4 is 4.74 Å². The third-order valence-corrected chi connectivity index (χ3v) is 4.87. The second-order valence-electron chi connectivity index (χ2n) is 6.54. The molecule has 7 heteroatoms. The molecule has 4 rings (SSSR count). The molecule has 0 saturated carbocycles. The van der Waals surface area contributed by atoms with Crippen LogP contribution in [0.1, 0.15) is 11.1 Å². The van der Waals surface area contributed by atoms with E-state index in [4.69, 9.17) is 14.2 Å². The van der Waals surface area contributed by atoms with Crippen molar-refractivity contribution in [3.05, 3.63) is 65.7 Å². The smallest absolute Gasteiger partial charge is 0.336 e. The summed E-state index contributed by atoms with van der Waals surface area (Å²) in [5, 5.41) is 9.50. The number of ether oxygens (including phenoxy) is 3. The molecule has 0 aliphatic carbocycles. The molecule has 2 aliphatic rings. The van der Waals surface area contributed by atoms with Gasteiger partial charge in [0.2, 0.25) is 5.79 Å². The SMILES string of the molecule is COc1ccccc1CN1CC2(c3ccccc3)OC(C(=O)O)C(O2)C1=O. The molecular weight excluding hydrogens is 350 g/mol. The molecule has 2 aliphatic heterocycles. The molecule has 2 heterocycles. The number of methoxy groups -OCH3 is 1. The van der Waals surface area contributed by atoms with Gasteiger partial charge in [-0.2, -0.15) is 0 Å². The van der Waals surface area contributed by atoms with Crippen molar-refractivity contribution in [3.8, 4) is 5.75 Å². The Morgan fingerprint density at radius 3 is 2.59 bits per heavy atom. The largest absolute Gasteiger partial charge is 0.496 e. The van der Waals surface area contributed by atoms with Gasteiger partial charge in [-0.3, -0.25) is 4.79 Å². The summed E-state index contributed by atoms with van der Waals surface area (Å²) in [4.78, 5) is 26.1. The summed E-state index contributed by atoms with van der Waals surface area (Å²) in [6.07, 6.45) is -2.54. The Labute approximate surface area is 156 Å². The van der Waals surface area contributed by atoms with E-state index < -0.39 is 29.9 Å². The number of morpholine rings is 1. The number of rotatable bonds is 5. The van der Waals surface area contributed by atoms with Crippen molar-refractivity contribution in [2.45, 2.75) is 24.5 Å². The molecule has 1 amide bonds. The van der Waals surface area contributed by atoms with E-state index in [9.17, 15) is 14.7 Å². The first-order chi connectivity index (χ1) is 13.0. The second kappa shape index (κ2) is 6.68.